The molecule has 0 fully saturated rings. The van der Waals surface area contributed by atoms with Crippen LogP contribution in [0.2, 0.25) is 0 Å². The van der Waals surface area contributed by atoms with Gasteiger partial charge in [-0.1, -0.05) is 60.7 Å². The van der Waals surface area contributed by atoms with Crippen molar-refractivity contribution in [3.63, 3.8) is 0 Å². The van der Waals surface area contributed by atoms with Gasteiger partial charge in [-0.15, -0.1) is 0 Å². The molecule has 0 aliphatic heterocycles. The number of esters is 1. The van der Waals surface area contributed by atoms with E-state index in [0.717, 1.165) is 85.4 Å². The van der Waals surface area contributed by atoms with Crippen molar-refractivity contribution in [2.24, 2.45) is 5.73 Å². The van der Waals surface area contributed by atoms with Gasteiger partial charge in [-0.2, -0.15) is 0 Å². The molecule has 10 heteroatoms. The number of amides is 1. The fraction of sp³-hybridized carbons (Fsp3) is 0.333. The van der Waals surface area contributed by atoms with Gasteiger partial charge in [-0.25, -0.2) is 14.0 Å². The van der Waals surface area contributed by atoms with Crippen molar-refractivity contribution in [1.29, 1.82) is 0 Å². The minimum Gasteiger partial charge on any atom is -0.465 e. The second kappa shape index (κ2) is 18.5. The number of hydrogen-bond acceptors (Lipinski definition) is 8. The van der Waals surface area contributed by atoms with E-state index in [1.54, 1.807) is 0 Å². The van der Waals surface area contributed by atoms with Crippen LogP contribution in [0.25, 0.3) is 21.9 Å². The third kappa shape index (κ3) is 10.3. The van der Waals surface area contributed by atoms with Gasteiger partial charge in [0.1, 0.15) is 12.4 Å². The molecule has 4 rings (SSSR count). The van der Waals surface area contributed by atoms with Crippen molar-refractivity contribution in [1.82, 2.24) is 10.6 Å². The molecule has 0 heterocycles. The van der Waals surface area contributed by atoms with Crippen LogP contribution in [0, 0.1) is 5.82 Å². The summed E-state index contributed by atoms with van der Waals surface area (Å²) >= 11 is 0. The van der Waals surface area contributed by atoms with Crippen LogP contribution in [0.1, 0.15) is 41.6 Å². The van der Waals surface area contributed by atoms with Gasteiger partial charge in [0.2, 0.25) is 0 Å². The number of ether oxygens (including phenoxy) is 2. The molecule has 4 aromatic carbocycles. The summed E-state index contributed by atoms with van der Waals surface area (Å²) in [4.78, 5) is 25.2. The number of unbranched alkanes of at least 4 members (excludes halogenated alkanes) is 1. The molecular weight excluding hydrogens is 585 g/mol. The van der Waals surface area contributed by atoms with Crippen molar-refractivity contribution in [2.45, 2.75) is 32.3 Å². The molecule has 46 heavy (non-hydrogen) atoms. The van der Waals surface area contributed by atoms with Crippen LogP contribution < -0.4 is 27.0 Å². The van der Waals surface area contributed by atoms with Gasteiger partial charge in [0.15, 0.2) is 0 Å². The van der Waals surface area contributed by atoms with Crippen LogP contribution in [0.15, 0.2) is 78.9 Å². The first-order valence-electron chi connectivity index (χ1n) is 15.8. The predicted molar refractivity (Wildman–Crippen MR) is 183 cm³/mol. The summed E-state index contributed by atoms with van der Waals surface area (Å²) in [7, 11) is 1.20. The predicted octanol–water partition coefficient (Wildman–Crippen LogP) is 6.29. The van der Waals surface area contributed by atoms with Gasteiger partial charge in [0.05, 0.1) is 24.0 Å². The molecule has 0 aliphatic rings. The van der Waals surface area contributed by atoms with Crippen LogP contribution in [-0.2, 0) is 16.1 Å². The molecule has 0 bridgehead atoms. The van der Waals surface area contributed by atoms with Crippen LogP contribution in [0.5, 0.6) is 0 Å². The number of hydrogen-bond donors (Lipinski definition) is 5. The fourth-order valence-electron chi connectivity index (χ4n) is 5.11. The summed E-state index contributed by atoms with van der Waals surface area (Å²) in [6.07, 6.45) is 3.12. The normalized spacial score (nSPS) is 10.9. The zero-order valence-corrected chi connectivity index (χ0v) is 26.4. The molecule has 9 nitrogen and oxygen atoms in total. The van der Waals surface area contributed by atoms with E-state index in [2.05, 4.69) is 45.5 Å². The maximum absolute atomic E-state index is 14.9. The van der Waals surface area contributed by atoms with E-state index < -0.39 is 17.9 Å². The van der Waals surface area contributed by atoms with Gasteiger partial charge in [-0.3, -0.25) is 5.32 Å². The Bertz CT molecular complexity index is 1580. The lowest BCUT2D eigenvalue weighted by Crippen LogP contribution is -2.22. The molecule has 0 atom stereocenters. The second-order valence-corrected chi connectivity index (χ2v) is 10.9. The van der Waals surface area contributed by atoms with Crippen molar-refractivity contribution in [3.8, 4) is 11.1 Å². The average molecular weight is 630 g/mol. The Labute approximate surface area is 270 Å². The fourth-order valence-corrected chi connectivity index (χ4v) is 5.11. The van der Waals surface area contributed by atoms with E-state index in [1.807, 2.05) is 42.5 Å². The van der Waals surface area contributed by atoms with Gasteiger partial charge in [-0.05, 0) is 104 Å². The minimum absolute atomic E-state index is 0.00208. The van der Waals surface area contributed by atoms with E-state index in [4.69, 9.17) is 15.2 Å². The summed E-state index contributed by atoms with van der Waals surface area (Å²) in [6, 6.07) is 24.5. The van der Waals surface area contributed by atoms with E-state index in [9.17, 15) is 14.0 Å². The Hall–Kier alpha value is -4.51. The van der Waals surface area contributed by atoms with Crippen LogP contribution >= 0.6 is 0 Å². The molecule has 0 radical (unpaired) electrons. The minimum atomic E-state index is -0.781. The molecule has 0 saturated heterocycles. The quantitative estimate of drug-likeness (QED) is 0.0642. The van der Waals surface area contributed by atoms with E-state index in [0.29, 0.717) is 13.1 Å². The lowest BCUT2D eigenvalue weighted by molar-refractivity contribution is 0.0601. The van der Waals surface area contributed by atoms with E-state index in [-0.39, 0.29) is 23.5 Å². The molecule has 4 aromatic rings. The number of rotatable bonds is 18. The molecule has 0 aliphatic carbocycles. The molecule has 0 saturated carbocycles. The first-order chi connectivity index (χ1) is 22.5. The Morgan fingerprint density at radius 1 is 0.783 bits per heavy atom. The SMILES string of the molecule is COC(=O)c1cc(F)c(NCCCNCCCCNCCCN)cc1NC(=O)OCc1cccc(-c2cccc3ccccc23)c1. The second-order valence-electron chi connectivity index (χ2n) is 10.9. The highest BCUT2D eigenvalue weighted by atomic mass is 19.1. The largest absolute Gasteiger partial charge is 0.465 e. The number of carbonyl (C=O) groups is 2. The number of fused-ring (bicyclic) bond motifs is 1. The molecule has 1 amide bonds. The monoisotopic (exact) mass is 629 g/mol. The van der Waals surface area contributed by atoms with Crippen molar-refractivity contribution in [3.05, 3.63) is 95.8 Å². The number of nitrogens with two attached hydrogens (primary N) is 1. The van der Waals surface area contributed by atoms with Crippen LogP contribution in [0.3, 0.4) is 0 Å². The summed E-state index contributed by atoms with van der Waals surface area (Å²) in [5.41, 5.74) is 8.50. The molecular formula is C36H44FN5O4. The van der Waals surface area contributed by atoms with Gasteiger partial charge >= 0.3 is 12.1 Å². The molecule has 0 unspecified atom stereocenters. The zero-order chi connectivity index (χ0) is 32.6. The summed E-state index contributed by atoms with van der Waals surface area (Å²) in [5.74, 6) is -1.40. The first kappa shape index (κ1) is 34.4. The number of nitrogens with one attached hydrogen (secondary N) is 4. The Balaban J connectivity index is 1.30. The maximum Gasteiger partial charge on any atom is 0.411 e. The number of halogens is 1. The smallest absolute Gasteiger partial charge is 0.411 e. The highest BCUT2D eigenvalue weighted by Gasteiger charge is 2.19. The first-order valence-corrected chi connectivity index (χ1v) is 15.8. The third-order valence-corrected chi connectivity index (χ3v) is 7.51. The Morgan fingerprint density at radius 2 is 1.50 bits per heavy atom. The van der Waals surface area contributed by atoms with Crippen molar-refractivity contribution >= 4 is 34.2 Å². The van der Waals surface area contributed by atoms with Gasteiger partial charge < -0.3 is 31.2 Å². The number of methoxy groups -OCH3 is 1. The number of anilines is 2. The van der Waals surface area contributed by atoms with Gasteiger partial charge in [0.25, 0.3) is 0 Å². The van der Waals surface area contributed by atoms with Crippen LogP contribution in [-0.4, -0.2) is 58.4 Å². The molecule has 0 aromatic heterocycles. The summed E-state index contributed by atoms with van der Waals surface area (Å²) in [6.45, 7) is 4.82. The highest BCUT2D eigenvalue weighted by Crippen LogP contribution is 2.29. The third-order valence-electron chi connectivity index (χ3n) is 7.51. The Kier molecular flexibility index (Phi) is 13.8. The standard InChI is InChI=1S/C36H44FN5O4/c1-45-35(43)31-23-32(37)34(41-21-9-20-40-18-5-4-17-39-19-8-16-38)24-33(31)42-36(44)46-25-26-10-6-13-28(22-26)30-15-7-12-27-11-2-3-14-29(27)30/h2-3,6-7,10-15,22-24,39-41H,4-5,8-9,16-21,25,38H2,1H3,(H,42,44). The van der Waals surface area contributed by atoms with E-state index in [1.165, 1.54) is 13.2 Å². The zero-order valence-electron chi connectivity index (χ0n) is 26.4. The van der Waals surface area contributed by atoms with Crippen molar-refractivity contribution < 1.29 is 23.5 Å². The lowest BCUT2D eigenvalue weighted by atomic mass is 9.97. The van der Waals surface area contributed by atoms with Gasteiger partial charge in [0, 0.05) is 6.54 Å². The molecule has 0 spiro atoms. The van der Waals surface area contributed by atoms with Crippen LogP contribution in [0.4, 0.5) is 20.6 Å². The number of benzene rings is 4. The maximum atomic E-state index is 14.9. The molecule has 6 N–H and O–H groups in total. The lowest BCUT2D eigenvalue weighted by Gasteiger charge is -2.15. The highest BCUT2D eigenvalue weighted by molar-refractivity contribution is 6.00. The topological polar surface area (TPSA) is 127 Å². The Morgan fingerprint density at radius 3 is 2.28 bits per heavy atom. The summed E-state index contributed by atoms with van der Waals surface area (Å²) in [5, 5.41) is 14.7. The van der Waals surface area contributed by atoms with Crippen molar-refractivity contribution in [2.75, 3.05) is 57.0 Å². The number of carbonyl (C=O) groups excluding carboxylic acids is 2. The van der Waals surface area contributed by atoms with E-state index >= 15 is 0 Å². The molecule has 244 valence electrons. The average Bonchev–Trinajstić information content (AvgIpc) is 3.08. The summed E-state index contributed by atoms with van der Waals surface area (Å²) < 4.78 is 25.2.